The summed E-state index contributed by atoms with van der Waals surface area (Å²) in [4.78, 5) is 45.0. The Morgan fingerprint density at radius 2 is 0.883 bits per heavy atom. The molecule has 0 bridgehead atoms. The maximum atomic E-state index is 12.7. The fraction of sp³-hybridized carbons (Fsp3) is 0.318. The molecule has 16 heteroatoms. The SMILES string of the molecule is O=C(/C=C\C(=O)ON1CCN=C1Nc1ccc(Cc2ccc(OCC(CO)CO)cc2)cc1)ON1CCN=C1Nc1ccc(Cc2ccc(OCC(CO)CO)cc2)cc1. The van der Waals surface area contributed by atoms with Crippen molar-refractivity contribution in [2.45, 2.75) is 12.8 Å². The Morgan fingerprint density at radius 3 is 1.22 bits per heavy atom. The summed E-state index contributed by atoms with van der Waals surface area (Å²) in [6, 6.07) is 30.9. The standard InChI is InChI=1S/C44H50N6O10/c51-25-35(26-52)29-57-39-13-5-33(6-14-39)23-31-1-9-37(10-2-31)47-43-45-19-21-49(43)59-41(55)17-18-42(56)60-50-22-20-46-44(50)48-38-11-3-32(4-12-38)24-34-7-15-40(16-8-34)58-30-36(27-53)28-54/h1-18,35-36,51-54H,19-30H2,(H,45,47)(H,46,48)/b18-17-. The number of hydroxylamine groups is 4. The van der Waals surface area contributed by atoms with E-state index in [4.69, 9.17) is 19.1 Å². The normalized spacial score (nSPS) is 13.8. The molecule has 16 nitrogen and oxygen atoms in total. The minimum Gasteiger partial charge on any atom is -0.493 e. The van der Waals surface area contributed by atoms with E-state index in [9.17, 15) is 30.0 Å². The van der Waals surface area contributed by atoms with Crippen molar-refractivity contribution in [2.24, 2.45) is 21.8 Å². The summed E-state index contributed by atoms with van der Waals surface area (Å²) in [6.45, 7) is 1.43. The molecule has 60 heavy (non-hydrogen) atoms. The van der Waals surface area contributed by atoms with Crippen LogP contribution in [-0.4, -0.2) is 120 Å². The molecule has 0 unspecified atom stereocenters. The van der Waals surface area contributed by atoms with E-state index in [-0.39, 0.29) is 51.5 Å². The molecule has 2 aliphatic heterocycles. The number of anilines is 2. The summed E-state index contributed by atoms with van der Waals surface area (Å²) >= 11 is 0. The number of aliphatic hydroxyl groups excluding tert-OH is 4. The van der Waals surface area contributed by atoms with Crippen LogP contribution < -0.4 is 20.1 Å². The van der Waals surface area contributed by atoms with Gasteiger partial charge in [-0.1, -0.05) is 48.5 Å². The molecular weight excluding hydrogens is 773 g/mol. The molecule has 6 N–H and O–H groups in total. The van der Waals surface area contributed by atoms with Crippen molar-refractivity contribution in [3.63, 3.8) is 0 Å². The van der Waals surface area contributed by atoms with Crippen LogP contribution in [0.2, 0.25) is 0 Å². The summed E-state index contributed by atoms with van der Waals surface area (Å²) in [5.41, 5.74) is 5.84. The lowest BCUT2D eigenvalue weighted by Gasteiger charge is -2.19. The van der Waals surface area contributed by atoms with Gasteiger partial charge in [0, 0.05) is 35.4 Å². The van der Waals surface area contributed by atoms with Crippen LogP contribution in [0.25, 0.3) is 0 Å². The molecule has 0 amide bonds. The summed E-state index contributed by atoms with van der Waals surface area (Å²) in [5, 5.41) is 45.9. The third kappa shape index (κ3) is 13.0. The van der Waals surface area contributed by atoms with Gasteiger partial charge < -0.3 is 50.2 Å². The molecule has 0 spiro atoms. The predicted molar refractivity (Wildman–Crippen MR) is 224 cm³/mol. The Kier molecular flexibility index (Phi) is 15.9. The summed E-state index contributed by atoms with van der Waals surface area (Å²) in [6.07, 6.45) is 3.39. The quantitative estimate of drug-likeness (QED) is 0.0709. The molecule has 0 aliphatic carbocycles. The molecule has 316 valence electrons. The van der Waals surface area contributed by atoms with Gasteiger partial charge in [-0.25, -0.2) is 19.6 Å². The Balaban J connectivity index is 0.907. The van der Waals surface area contributed by atoms with Crippen LogP contribution in [0.4, 0.5) is 11.4 Å². The Hall–Kier alpha value is -6.46. The molecular formula is C44H50N6O10. The van der Waals surface area contributed by atoms with Crippen molar-refractivity contribution in [3.05, 3.63) is 131 Å². The van der Waals surface area contributed by atoms with Crippen LogP contribution in [0.3, 0.4) is 0 Å². The van der Waals surface area contributed by atoms with Crippen molar-refractivity contribution in [3.8, 4) is 11.5 Å². The fourth-order valence-corrected chi connectivity index (χ4v) is 5.96. The Labute approximate surface area is 347 Å². The third-order valence-corrected chi connectivity index (χ3v) is 9.45. The highest BCUT2D eigenvalue weighted by Gasteiger charge is 2.23. The third-order valence-electron chi connectivity index (χ3n) is 9.45. The van der Waals surface area contributed by atoms with E-state index in [1.807, 2.05) is 97.1 Å². The van der Waals surface area contributed by atoms with Crippen LogP contribution in [0.1, 0.15) is 22.3 Å². The number of aliphatic hydroxyl groups is 4. The van der Waals surface area contributed by atoms with E-state index in [1.165, 1.54) is 10.1 Å². The average Bonchev–Trinajstić information content (AvgIpc) is 3.91. The summed E-state index contributed by atoms with van der Waals surface area (Å²) in [7, 11) is 0. The summed E-state index contributed by atoms with van der Waals surface area (Å²) < 4.78 is 11.3. The van der Waals surface area contributed by atoms with Crippen molar-refractivity contribution >= 4 is 35.2 Å². The van der Waals surface area contributed by atoms with Gasteiger partial charge in [-0.3, -0.25) is 0 Å². The van der Waals surface area contributed by atoms with E-state index in [1.54, 1.807) is 0 Å². The zero-order valence-electron chi connectivity index (χ0n) is 33.1. The molecule has 2 heterocycles. The lowest BCUT2D eigenvalue weighted by atomic mass is 10.0. The Morgan fingerprint density at radius 1 is 0.550 bits per heavy atom. The van der Waals surface area contributed by atoms with Crippen LogP contribution in [0.5, 0.6) is 11.5 Å². The lowest BCUT2D eigenvalue weighted by Crippen LogP contribution is -2.35. The van der Waals surface area contributed by atoms with Crippen molar-refractivity contribution < 1.29 is 49.2 Å². The molecule has 6 rings (SSSR count). The van der Waals surface area contributed by atoms with E-state index in [0.29, 0.717) is 62.4 Å². The minimum absolute atomic E-state index is 0.138. The number of rotatable bonds is 20. The number of nitrogens with one attached hydrogen (secondary N) is 2. The monoisotopic (exact) mass is 822 g/mol. The second kappa shape index (κ2) is 22.1. The number of carbonyl (C=O) groups excluding carboxylic acids is 2. The van der Waals surface area contributed by atoms with Gasteiger partial charge in [0.2, 0.25) is 11.9 Å². The minimum atomic E-state index is -0.774. The highest BCUT2D eigenvalue weighted by Crippen LogP contribution is 2.21. The van der Waals surface area contributed by atoms with Crippen LogP contribution >= 0.6 is 0 Å². The number of hydrogen-bond donors (Lipinski definition) is 6. The summed E-state index contributed by atoms with van der Waals surface area (Å²) in [5.74, 6) is -0.126. The zero-order chi connectivity index (χ0) is 42.1. The maximum absolute atomic E-state index is 12.7. The molecule has 0 saturated heterocycles. The van der Waals surface area contributed by atoms with Crippen LogP contribution in [0, 0.1) is 11.8 Å². The highest BCUT2D eigenvalue weighted by atomic mass is 16.7. The number of ether oxygens (including phenoxy) is 2. The Bertz CT molecular complexity index is 1920. The number of aliphatic imine (C=N–C) groups is 2. The molecule has 4 aromatic rings. The van der Waals surface area contributed by atoms with Crippen LogP contribution in [-0.2, 0) is 32.1 Å². The van der Waals surface area contributed by atoms with Gasteiger partial charge in [0.05, 0.1) is 65.8 Å². The second-order valence-corrected chi connectivity index (χ2v) is 14.1. The lowest BCUT2D eigenvalue weighted by molar-refractivity contribution is -0.167. The van der Waals surface area contributed by atoms with Crippen LogP contribution in [0.15, 0.2) is 119 Å². The van der Waals surface area contributed by atoms with Crippen molar-refractivity contribution in [1.29, 1.82) is 0 Å². The number of carbonyl (C=O) groups is 2. The smallest absolute Gasteiger partial charge is 0.356 e. The molecule has 0 atom stereocenters. The topological polar surface area (TPSA) is 207 Å². The first-order chi connectivity index (χ1) is 29.3. The van der Waals surface area contributed by atoms with Gasteiger partial charge >= 0.3 is 11.9 Å². The van der Waals surface area contributed by atoms with E-state index >= 15 is 0 Å². The zero-order valence-corrected chi connectivity index (χ0v) is 33.1. The van der Waals surface area contributed by atoms with Gasteiger partial charge in [-0.15, -0.1) is 0 Å². The van der Waals surface area contributed by atoms with Crippen molar-refractivity contribution in [1.82, 2.24) is 10.1 Å². The number of hydrogen-bond acceptors (Lipinski definition) is 16. The van der Waals surface area contributed by atoms with Crippen molar-refractivity contribution in [2.75, 3.05) is 76.5 Å². The van der Waals surface area contributed by atoms with E-state index in [0.717, 1.165) is 45.8 Å². The largest absolute Gasteiger partial charge is 0.493 e. The molecule has 2 aliphatic rings. The molecule has 0 saturated carbocycles. The predicted octanol–water partition coefficient (Wildman–Crippen LogP) is 3.17. The molecule has 4 aromatic carbocycles. The number of benzene rings is 4. The van der Waals surface area contributed by atoms with Gasteiger partial charge in [-0.05, 0) is 83.6 Å². The van der Waals surface area contributed by atoms with Gasteiger partial charge in [-0.2, -0.15) is 10.1 Å². The first-order valence-electron chi connectivity index (χ1n) is 19.7. The fourth-order valence-electron chi connectivity index (χ4n) is 5.96. The second-order valence-electron chi connectivity index (χ2n) is 14.1. The number of nitrogens with zero attached hydrogens (tertiary/aromatic N) is 4. The van der Waals surface area contributed by atoms with Gasteiger partial charge in [0.1, 0.15) is 11.5 Å². The average molecular weight is 823 g/mol. The van der Waals surface area contributed by atoms with E-state index in [2.05, 4.69) is 20.6 Å². The van der Waals surface area contributed by atoms with Gasteiger partial charge in [0.25, 0.3) is 0 Å². The maximum Gasteiger partial charge on any atom is 0.356 e. The molecule has 0 aromatic heterocycles. The molecule has 0 fully saturated rings. The first-order valence-corrected chi connectivity index (χ1v) is 19.7. The van der Waals surface area contributed by atoms with Gasteiger partial charge in [0.15, 0.2) is 0 Å². The highest BCUT2D eigenvalue weighted by molar-refractivity contribution is 5.97. The van der Waals surface area contributed by atoms with E-state index < -0.39 is 11.9 Å². The first kappa shape index (κ1) is 43.1. The number of guanidine groups is 2. The molecule has 0 radical (unpaired) electrons.